The monoisotopic (exact) mass is 414 g/mol. The molecule has 2 aromatic heterocycles. The molecule has 2 heterocycles. The van der Waals surface area contributed by atoms with E-state index in [0.29, 0.717) is 4.52 Å². The SMILES string of the molecule is N#Cc1ccccc1Oc1ccc(Nc2ccc3nnc(C(F)(F)F)n3n2)cc1F. The van der Waals surface area contributed by atoms with Crippen LogP contribution in [0.4, 0.5) is 29.1 Å². The molecule has 1 N–H and O–H groups in total. The van der Waals surface area contributed by atoms with Gasteiger partial charge in [0.15, 0.2) is 23.0 Å². The van der Waals surface area contributed by atoms with E-state index in [1.165, 1.54) is 36.4 Å². The summed E-state index contributed by atoms with van der Waals surface area (Å²) in [5.41, 5.74) is 0.381. The smallest absolute Gasteiger partial charge is 0.453 e. The number of anilines is 2. The molecule has 0 aliphatic rings. The number of fused-ring (bicyclic) bond motifs is 1. The van der Waals surface area contributed by atoms with Crippen LogP contribution < -0.4 is 10.1 Å². The van der Waals surface area contributed by atoms with Crippen LogP contribution in [0.3, 0.4) is 0 Å². The van der Waals surface area contributed by atoms with Gasteiger partial charge >= 0.3 is 6.18 Å². The van der Waals surface area contributed by atoms with Crippen LogP contribution in [-0.4, -0.2) is 19.8 Å². The first-order valence-electron chi connectivity index (χ1n) is 8.38. The first-order valence-corrected chi connectivity index (χ1v) is 8.38. The fourth-order valence-corrected chi connectivity index (χ4v) is 2.61. The first-order chi connectivity index (χ1) is 14.3. The third-order valence-electron chi connectivity index (χ3n) is 3.95. The quantitative estimate of drug-likeness (QED) is 0.488. The second-order valence-electron chi connectivity index (χ2n) is 5.99. The Balaban J connectivity index is 1.59. The minimum atomic E-state index is -4.73. The van der Waals surface area contributed by atoms with E-state index >= 15 is 0 Å². The maximum Gasteiger partial charge on any atom is 0.453 e. The highest BCUT2D eigenvalue weighted by atomic mass is 19.4. The van der Waals surface area contributed by atoms with Crippen molar-refractivity contribution in [3.05, 3.63) is 71.8 Å². The van der Waals surface area contributed by atoms with Gasteiger partial charge in [0.2, 0.25) is 0 Å². The lowest BCUT2D eigenvalue weighted by Gasteiger charge is -2.11. The summed E-state index contributed by atoms with van der Waals surface area (Å²) in [5, 5.41) is 22.1. The highest BCUT2D eigenvalue weighted by Gasteiger charge is 2.37. The molecule has 0 saturated carbocycles. The molecule has 0 fully saturated rings. The van der Waals surface area contributed by atoms with Crippen LogP contribution >= 0.6 is 0 Å². The topological polar surface area (TPSA) is 88.1 Å². The van der Waals surface area contributed by atoms with E-state index in [0.717, 1.165) is 6.07 Å². The zero-order valence-electron chi connectivity index (χ0n) is 14.9. The number of ether oxygens (including phenoxy) is 1. The van der Waals surface area contributed by atoms with Gasteiger partial charge in [-0.05, 0) is 36.4 Å². The van der Waals surface area contributed by atoms with Gasteiger partial charge in [0.05, 0.1) is 5.56 Å². The molecule has 0 aliphatic heterocycles. The number of nitrogens with zero attached hydrogens (tertiary/aromatic N) is 5. The molecular weight excluding hydrogens is 404 g/mol. The van der Waals surface area contributed by atoms with Gasteiger partial charge in [-0.15, -0.1) is 15.3 Å². The van der Waals surface area contributed by atoms with Crippen molar-refractivity contribution in [2.75, 3.05) is 5.32 Å². The van der Waals surface area contributed by atoms with Gasteiger partial charge in [-0.1, -0.05) is 12.1 Å². The second kappa shape index (κ2) is 7.32. The molecule has 0 amide bonds. The van der Waals surface area contributed by atoms with Crippen LogP contribution in [0.2, 0.25) is 0 Å². The van der Waals surface area contributed by atoms with Gasteiger partial charge in [0.25, 0.3) is 5.82 Å². The van der Waals surface area contributed by atoms with Crippen molar-refractivity contribution in [3.8, 4) is 17.6 Å². The molecule has 0 aliphatic carbocycles. The maximum atomic E-state index is 14.5. The summed E-state index contributed by atoms with van der Waals surface area (Å²) in [7, 11) is 0. The third-order valence-corrected chi connectivity index (χ3v) is 3.95. The lowest BCUT2D eigenvalue weighted by atomic mass is 10.2. The Labute approximate surface area is 166 Å². The standard InChI is InChI=1S/C19H10F4N6O/c20-13-9-12(5-6-15(13)30-14-4-2-1-3-11(14)10-24)25-16-7-8-17-26-27-18(19(21,22)23)29(17)28-16/h1-9H,(H,25,28). The molecule has 4 rings (SSSR count). The number of aromatic nitrogens is 4. The van der Waals surface area contributed by atoms with Gasteiger partial charge < -0.3 is 10.1 Å². The molecule has 0 unspecified atom stereocenters. The van der Waals surface area contributed by atoms with Crippen LogP contribution in [0.5, 0.6) is 11.5 Å². The van der Waals surface area contributed by atoms with Gasteiger partial charge in [0, 0.05) is 11.8 Å². The summed E-state index contributed by atoms with van der Waals surface area (Å²) in [6.45, 7) is 0. The number of rotatable bonds is 4. The zero-order valence-corrected chi connectivity index (χ0v) is 14.9. The average Bonchev–Trinajstić information content (AvgIpc) is 3.14. The number of alkyl halides is 3. The highest BCUT2D eigenvalue weighted by molar-refractivity contribution is 5.59. The van der Waals surface area contributed by atoms with Crippen LogP contribution in [0.25, 0.3) is 5.65 Å². The molecule has 0 atom stereocenters. The Hall–Kier alpha value is -4.20. The predicted molar refractivity (Wildman–Crippen MR) is 96.7 cm³/mol. The minimum absolute atomic E-state index is 0.0238. The fourth-order valence-electron chi connectivity index (χ4n) is 2.61. The maximum absolute atomic E-state index is 14.5. The number of halogens is 4. The van der Waals surface area contributed by atoms with Gasteiger partial charge in [-0.2, -0.15) is 22.9 Å². The zero-order chi connectivity index (χ0) is 21.3. The van der Waals surface area contributed by atoms with Crippen molar-refractivity contribution in [2.24, 2.45) is 0 Å². The number of nitrogens with one attached hydrogen (secondary N) is 1. The summed E-state index contributed by atoms with van der Waals surface area (Å²) in [6, 6.07) is 14.9. The van der Waals surface area contributed by atoms with E-state index < -0.39 is 17.8 Å². The Morgan fingerprint density at radius 2 is 1.80 bits per heavy atom. The Kier molecular flexibility index (Phi) is 4.67. The Bertz CT molecular complexity index is 1280. The van der Waals surface area contributed by atoms with Crippen molar-refractivity contribution in [1.82, 2.24) is 19.8 Å². The van der Waals surface area contributed by atoms with Gasteiger partial charge in [-0.25, -0.2) is 4.39 Å². The molecule has 2 aromatic carbocycles. The minimum Gasteiger partial charge on any atom is -0.453 e. The van der Waals surface area contributed by atoms with Crippen molar-refractivity contribution in [2.45, 2.75) is 6.18 Å². The largest absolute Gasteiger partial charge is 0.453 e. The summed E-state index contributed by atoms with van der Waals surface area (Å²) >= 11 is 0. The predicted octanol–water partition coefficient (Wildman–Crippen LogP) is 4.69. The lowest BCUT2D eigenvalue weighted by Crippen LogP contribution is -2.13. The van der Waals surface area contributed by atoms with Crippen molar-refractivity contribution < 1.29 is 22.3 Å². The molecule has 0 radical (unpaired) electrons. The van der Waals surface area contributed by atoms with E-state index in [1.54, 1.807) is 12.1 Å². The number of hydrogen-bond acceptors (Lipinski definition) is 6. The average molecular weight is 414 g/mol. The number of hydrogen-bond donors (Lipinski definition) is 1. The normalized spacial score (nSPS) is 11.3. The molecule has 4 aromatic rings. The lowest BCUT2D eigenvalue weighted by molar-refractivity contribution is -0.146. The molecular formula is C19H10F4N6O. The van der Waals surface area contributed by atoms with Crippen molar-refractivity contribution >= 4 is 17.2 Å². The third kappa shape index (κ3) is 3.70. The fraction of sp³-hybridized carbons (Fsp3) is 0.0526. The Morgan fingerprint density at radius 1 is 1.00 bits per heavy atom. The molecule has 0 saturated heterocycles. The Morgan fingerprint density at radius 3 is 2.53 bits per heavy atom. The summed E-state index contributed by atoms with van der Waals surface area (Å²) in [6.07, 6.45) is -4.73. The number of benzene rings is 2. The van der Waals surface area contributed by atoms with E-state index in [4.69, 9.17) is 10.00 Å². The van der Waals surface area contributed by atoms with E-state index in [2.05, 4.69) is 20.6 Å². The van der Waals surface area contributed by atoms with Gasteiger partial charge in [0.1, 0.15) is 11.8 Å². The van der Waals surface area contributed by atoms with E-state index in [9.17, 15) is 17.6 Å². The number of para-hydroxylation sites is 1. The van der Waals surface area contributed by atoms with E-state index in [-0.39, 0.29) is 34.2 Å². The summed E-state index contributed by atoms with van der Waals surface area (Å²) in [4.78, 5) is 0. The van der Waals surface area contributed by atoms with Crippen LogP contribution in [0, 0.1) is 17.1 Å². The molecule has 7 nitrogen and oxygen atoms in total. The van der Waals surface area contributed by atoms with Crippen LogP contribution in [0.1, 0.15) is 11.4 Å². The molecule has 0 spiro atoms. The summed E-state index contributed by atoms with van der Waals surface area (Å²) < 4.78 is 59.4. The molecule has 11 heteroatoms. The van der Waals surface area contributed by atoms with Gasteiger partial charge in [-0.3, -0.25) is 0 Å². The molecule has 30 heavy (non-hydrogen) atoms. The molecule has 150 valence electrons. The second-order valence-corrected chi connectivity index (χ2v) is 5.99. The number of nitriles is 1. The van der Waals surface area contributed by atoms with Crippen molar-refractivity contribution in [3.63, 3.8) is 0 Å². The van der Waals surface area contributed by atoms with Crippen LogP contribution in [0.15, 0.2) is 54.6 Å². The van der Waals surface area contributed by atoms with E-state index in [1.807, 2.05) is 6.07 Å². The first kappa shape index (κ1) is 19.1. The van der Waals surface area contributed by atoms with Crippen LogP contribution in [-0.2, 0) is 6.18 Å². The highest BCUT2D eigenvalue weighted by Crippen LogP contribution is 2.30. The van der Waals surface area contributed by atoms with Crippen molar-refractivity contribution in [1.29, 1.82) is 5.26 Å². The molecule has 0 bridgehead atoms. The summed E-state index contributed by atoms with van der Waals surface area (Å²) in [5.74, 6) is -1.92.